The molecule has 2 aromatic carbocycles. The highest BCUT2D eigenvalue weighted by Crippen LogP contribution is 2.40. The maximum absolute atomic E-state index is 11.8. The van der Waals surface area contributed by atoms with Crippen molar-refractivity contribution in [2.45, 2.75) is 57.2 Å². The molecule has 27 heavy (non-hydrogen) atoms. The first kappa shape index (κ1) is 19.6. The number of hydrogen-bond donors (Lipinski definition) is 1. The first-order chi connectivity index (χ1) is 13.2. The molecule has 144 valence electrons. The number of ether oxygens (including phenoxy) is 1. The second-order valence-corrected chi connectivity index (χ2v) is 7.21. The van der Waals surface area contributed by atoms with Crippen molar-refractivity contribution in [3.8, 4) is 0 Å². The maximum atomic E-state index is 11.8. The summed E-state index contributed by atoms with van der Waals surface area (Å²) < 4.78 is 4.90. The van der Waals surface area contributed by atoms with E-state index in [2.05, 4.69) is 78.0 Å². The molecule has 0 spiro atoms. The minimum Gasteiger partial charge on any atom is -0.469 e. The van der Waals surface area contributed by atoms with Crippen LogP contribution in [0.1, 0.15) is 62.2 Å². The lowest BCUT2D eigenvalue weighted by molar-refractivity contribution is -0.142. The van der Waals surface area contributed by atoms with Gasteiger partial charge < -0.3 is 4.74 Å². The maximum Gasteiger partial charge on any atom is 0.307 e. The SMILES string of the molecule is CC[C@@H](CC(=O)OC)NN1[C@H](c2ccccc2)CCC[C@H]1c1ccccc1. The summed E-state index contributed by atoms with van der Waals surface area (Å²) in [5.74, 6) is -0.168. The monoisotopic (exact) mass is 366 g/mol. The van der Waals surface area contributed by atoms with Gasteiger partial charge in [-0.05, 0) is 36.8 Å². The minimum absolute atomic E-state index is 0.0629. The summed E-state index contributed by atoms with van der Waals surface area (Å²) in [6.45, 7) is 2.11. The van der Waals surface area contributed by atoms with Gasteiger partial charge in [0.15, 0.2) is 0 Å². The number of carbonyl (C=O) groups excluding carboxylic acids is 1. The molecule has 4 nitrogen and oxygen atoms in total. The summed E-state index contributed by atoms with van der Waals surface area (Å²) in [7, 11) is 1.45. The lowest BCUT2D eigenvalue weighted by Gasteiger charge is -2.44. The number of esters is 1. The van der Waals surface area contributed by atoms with Crippen molar-refractivity contribution < 1.29 is 9.53 Å². The van der Waals surface area contributed by atoms with Crippen LogP contribution in [0, 0.1) is 0 Å². The van der Waals surface area contributed by atoms with Gasteiger partial charge in [0.1, 0.15) is 0 Å². The summed E-state index contributed by atoms with van der Waals surface area (Å²) in [5, 5.41) is 2.39. The summed E-state index contributed by atoms with van der Waals surface area (Å²) in [4.78, 5) is 11.8. The van der Waals surface area contributed by atoms with Crippen LogP contribution in [0.15, 0.2) is 60.7 Å². The predicted octanol–water partition coefficient (Wildman–Crippen LogP) is 4.80. The molecule has 0 amide bonds. The predicted molar refractivity (Wildman–Crippen MR) is 108 cm³/mol. The van der Waals surface area contributed by atoms with Crippen LogP contribution in [0.5, 0.6) is 0 Å². The van der Waals surface area contributed by atoms with E-state index in [9.17, 15) is 4.79 Å². The van der Waals surface area contributed by atoms with E-state index in [1.807, 2.05) is 0 Å². The third-order valence-electron chi connectivity index (χ3n) is 5.46. The fourth-order valence-electron chi connectivity index (χ4n) is 3.96. The molecule has 1 aliphatic rings. The standard InChI is InChI=1S/C23H30N2O2/c1-3-20(17-23(26)27-2)24-25-21(18-11-6-4-7-12-18)15-10-16-22(25)19-13-8-5-9-14-19/h4-9,11-14,20-22,24H,3,10,15-17H2,1-2H3/t20-,21-,22-/m0/s1. The van der Waals surface area contributed by atoms with Gasteiger partial charge in [0.25, 0.3) is 0 Å². The number of rotatable bonds is 7. The first-order valence-corrected chi connectivity index (χ1v) is 9.94. The quantitative estimate of drug-likeness (QED) is 0.715. The highest BCUT2D eigenvalue weighted by atomic mass is 16.5. The zero-order valence-electron chi connectivity index (χ0n) is 16.3. The molecule has 1 aliphatic heterocycles. The van der Waals surface area contributed by atoms with E-state index in [0.717, 1.165) is 19.3 Å². The number of hydrazine groups is 1. The van der Waals surface area contributed by atoms with Crippen LogP contribution in [0.3, 0.4) is 0 Å². The van der Waals surface area contributed by atoms with Crippen LogP contribution in [0.25, 0.3) is 0 Å². The van der Waals surface area contributed by atoms with Crippen molar-refractivity contribution >= 4 is 5.97 Å². The van der Waals surface area contributed by atoms with E-state index in [0.29, 0.717) is 6.42 Å². The highest BCUT2D eigenvalue weighted by Gasteiger charge is 2.34. The average molecular weight is 367 g/mol. The summed E-state index contributed by atoms with van der Waals surface area (Å²) in [5.41, 5.74) is 6.34. The third kappa shape index (κ3) is 4.96. The fourth-order valence-corrected chi connectivity index (χ4v) is 3.96. The third-order valence-corrected chi connectivity index (χ3v) is 5.46. The Morgan fingerprint density at radius 2 is 1.56 bits per heavy atom. The molecule has 0 bridgehead atoms. The Labute approximate surface area is 162 Å². The van der Waals surface area contributed by atoms with Crippen molar-refractivity contribution in [2.75, 3.05) is 7.11 Å². The van der Waals surface area contributed by atoms with E-state index >= 15 is 0 Å². The number of hydrogen-bond acceptors (Lipinski definition) is 4. The van der Waals surface area contributed by atoms with Gasteiger partial charge in [0, 0.05) is 18.1 Å². The van der Waals surface area contributed by atoms with Gasteiger partial charge in [-0.15, -0.1) is 0 Å². The second kappa shape index (κ2) is 9.67. The zero-order valence-corrected chi connectivity index (χ0v) is 16.3. The van der Waals surface area contributed by atoms with Gasteiger partial charge in [-0.1, -0.05) is 67.6 Å². The number of carbonyl (C=O) groups is 1. The Balaban J connectivity index is 1.89. The van der Waals surface area contributed by atoms with Gasteiger partial charge in [0.05, 0.1) is 13.5 Å². The number of benzene rings is 2. The molecule has 4 heteroatoms. The number of piperidine rings is 1. The number of nitrogens with zero attached hydrogens (tertiary/aromatic N) is 1. The van der Waals surface area contributed by atoms with Crippen LogP contribution in [0.4, 0.5) is 0 Å². The Morgan fingerprint density at radius 1 is 1.04 bits per heavy atom. The van der Waals surface area contributed by atoms with Crippen molar-refractivity contribution in [3.63, 3.8) is 0 Å². The molecule has 1 fully saturated rings. The summed E-state index contributed by atoms with van der Waals surface area (Å²) >= 11 is 0. The molecule has 0 saturated carbocycles. The normalized spacial score (nSPS) is 21.6. The molecule has 0 aromatic heterocycles. The van der Waals surface area contributed by atoms with Crippen molar-refractivity contribution in [1.82, 2.24) is 10.4 Å². The molecule has 0 unspecified atom stereocenters. The van der Waals surface area contributed by atoms with E-state index in [1.165, 1.54) is 24.7 Å². The van der Waals surface area contributed by atoms with Gasteiger partial charge in [0.2, 0.25) is 0 Å². The minimum atomic E-state index is -0.168. The molecule has 3 rings (SSSR count). The molecular formula is C23H30N2O2. The van der Waals surface area contributed by atoms with E-state index < -0.39 is 0 Å². The van der Waals surface area contributed by atoms with Crippen LogP contribution < -0.4 is 5.43 Å². The Hall–Kier alpha value is -2.17. The lowest BCUT2D eigenvalue weighted by Crippen LogP contribution is -2.50. The molecule has 0 aliphatic carbocycles. The highest BCUT2D eigenvalue weighted by molar-refractivity contribution is 5.69. The Morgan fingerprint density at radius 3 is 2.00 bits per heavy atom. The average Bonchev–Trinajstić information content (AvgIpc) is 2.74. The van der Waals surface area contributed by atoms with Gasteiger partial charge in [-0.3, -0.25) is 10.2 Å². The number of nitrogens with one attached hydrogen (secondary N) is 1. The van der Waals surface area contributed by atoms with Crippen LogP contribution in [0.2, 0.25) is 0 Å². The van der Waals surface area contributed by atoms with E-state index in [-0.39, 0.29) is 24.1 Å². The molecule has 3 atom stereocenters. The fraction of sp³-hybridized carbons (Fsp3) is 0.435. The number of methoxy groups -OCH3 is 1. The van der Waals surface area contributed by atoms with E-state index in [4.69, 9.17) is 4.74 Å². The molecule has 2 aromatic rings. The van der Waals surface area contributed by atoms with Crippen molar-refractivity contribution in [2.24, 2.45) is 0 Å². The first-order valence-electron chi connectivity index (χ1n) is 9.94. The Kier molecular flexibility index (Phi) is 7.02. The van der Waals surface area contributed by atoms with Gasteiger partial charge in [-0.2, -0.15) is 0 Å². The Bertz CT molecular complexity index is 657. The van der Waals surface area contributed by atoms with Gasteiger partial charge in [-0.25, -0.2) is 5.01 Å². The van der Waals surface area contributed by atoms with Gasteiger partial charge >= 0.3 is 5.97 Å². The second-order valence-electron chi connectivity index (χ2n) is 7.21. The lowest BCUT2D eigenvalue weighted by atomic mass is 9.89. The van der Waals surface area contributed by atoms with Crippen molar-refractivity contribution in [1.29, 1.82) is 0 Å². The van der Waals surface area contributed by atoms with Crippen LogP contribution >= 0.6 is 0 Å². The van der Waals surface area contributed by atoms with Crippen LogP contribution in [-0.4, -0.2) is 24.1 Å². The molecular weight excluding hydrogens is 336 g/mol. The molecule has 1 heterocycles. The summed E-state index contributed by atoms with van der Waals surface area (Å²) in [6.07, 6.45) is 4.65. The molecule has 1 N–H and O–H groups in total. The zero-order chi connectivity index (χ0) is 19.1. The molecule has 1 saturated heterocycles. The van der Waals surface area contributed by atoms with E-state index in [1.54, 1.807) is 0 Å². The van der Waals surface area contributed by atoms with Crippen molar-refractivity contribution in [3.05, 3.63) is 71.8 Å². The smallest absolute Gasteiger partial charge is 0.307 e. The summed E-state index contributed by atoms with van der Waals surface area (Å²) in [6, 6.07) is 22.0. The topological polar surface area (TPSA) is 41.6 Å². The molecule has 0 radical (unpaired) electrons. The van der Waals surface area contributed by atoms with Crippen LogP contribution in [-0.2, 0) is 9.53 Å². The largest absolute Gasteiger partial charge is 0.469 e.